The van der Waals surface area contributed by atoms with Crippen molar-refractivity contribution in [3.8, 4) is 0 Å². The number of ether oxygens (including phenoxy) is 1. The molecule has 0 amide bonds. The van der Waals surface area contributed by atoms with Crippen LogP contribution in [0.4, 0.5) is 0 Å². The summed E-state index contributed by atoms with van der Waals surface area (Å²) in [6, 6.07) is 15.5. The molecule has 3 aromatic rings. The van der Waals surface area contributed by atoms with Gasteiger partial charge in [0.1, 0.15) is 13.2 Å². The second-order valence-corrected chi connectivity index (χ2v) is 7.28. The largest absolute Gasteiger partial charge is 0.459 e. The van der Waals surface area contributed by atoms with Crippen molar-refractivity contribution in [2.45, 2.75) is 30.7 Å². The van der Waals surface area contributed by atoms with Crippen LogP contribution in [0.2, 0.25) is 5.02 Å². The maximum atomic E-state index is 11.9. The lowest BCUT2D eigenvalue weighted by Crippen LogP contribution is -2.14. The highest BCUT2D eigenvalue weighted by molar-refractivity contribution is 7.98. The molecule has 0 N–H and O–H groups in total. The van der Waals surface area contributed by atoms with E-state index in [0.717, 1.165) is 11.3 Å². The topological polar surface area (TPSA) is 57.0 Å². The molecule has 3 rings (SSSR count). The number of rotatable bonds is 7. The number of esters is 1. The van der Waals surface area contributed by atoms with Crippen LogP contribution in [0.25, 0.3) is 0 Å². The summed E-state index contributed by atoms with van der Waals surface area (Å²) in [5, 5.41) is 8.74. The van der Waals surface area contributed by atoms with Crippen molar-refractivity contribution in [2.24, 2.45) is 0 Å². The number of hydrogen-bond acceptors (Lipinski definition) is 5. The third-order valence-corrected chi connectivity index (χ3v) is 4.90. The lowest BCUT2D eigenvalue weighted by Gasteiger charge is -2.04. The number of halogens is 1. The van der Waals surface area contributed by atoms with Crippen molar-refractivity contribution in [1.29, 1.82) is 0 Å². The molecule has 0 saturated carbocycles. The molecule has 134 valence electrons. The van der Waals surface area contributed by atoms with Gasteiger partial charge in [-0.3, -0.25) is 4.79 Å². The standard InChI is InChI=1S/C19H18ClN3O2S/c1-14-2-8-18(9-3-14)26-13-17-10-23(22-21-17)11-19(24)25-12-15-4-6-16(20)7-5-15/h2-10H,11-13H2,1H3. The van der Waals surface area contributed by atoms with Crippen LogP contribution in [0.1, 0.15) is 16.8 Å². The predicted molar refractivity (Wildman–Crippen MR) is 102 cm³/mol. The molecule has 0 aliphatic heterocycles. The van der Waals surface area contributed by atoms with E-state index in [9.17, 15) is 4.79 Å². The van der Waals surface area contributed by atoms with Crippen LogP contribution in [-0.2, 0) is 28.4 Å². The number of benzene rings is 2. The van der Waals surface area contributed by atoms with Gasteiger partial charge in [0.25, 0.3) is 0 Å². The highest BCUT2D eigenvalue weighted by Crippen LogP contribution is 2.21. The number of aromatic nitrogens is 3. The van der Waals surface area contributed by atoms with Gasteiger partial charge in [0.15, 0.2) is 0 Å². The molecule has 7 heteroatoms. The third-order valence-electron chi connectivity index (χ3n) is 3.60. The van der Waals surface area contributed by atoms with Gasteiger partial charge in [-0.15, -0.1) is 16.9 Å². The summed E-state index contributed by atoms with van der Waals surface area (Å²) < 4.78 is 6.74. The summed E-state index contributed by atoms with van der Waals surface area (Å²) in [4.78, 5) is 13.1. The number of aryl methyl sites for hydroxylation is 1. The van der Waals surface area contributed by atoms with Crippen LogP contribution < -0.4 is 0 Å². The SMILES string of the molecule is Cc1ccc(SCc2cn(CC(=O)OCc3ccc(Cl)cc3)nn2)cc1. The Morgan fingerprint density at radius 3 is 2.62 bits per heavy atom. The average Bonchev–Trinajstić information content (AvgIpc) is 3.08. The molecular formula is C19H18ClN3O2S. The first-order chi connectivity index (χ1) is 12.6. The molecule has 1 aromatic heterocycles. The zero-order valence-electron chi connectivity index (χ0n) is 14.3. The van der Waals surface area contributed by atoms with Gasteiger partial charge in [0, 0.05) is 21.9 Å². The van der Waals surface area contributed by atoms with Crippen molar-refractivity contribution in [3.05, 3.63) is 76.6 Å². The summed E-state index contributed by atoms with van der Waals surface area (Å²) in [7, 11) is 0. The molecule has 0 atom stereocenters. The summed E-state index contributed by atoms with van der Waals surface area (Å²) in [6.45, 7) is 2.31. The Morgan fingerprint density at radius 2 is 1.88 bits per heavy atom. The maximum absolute atomic E-state index is 11.9. The fraction of sp³-hybridized carbons (Fsp3) is 0.211. The Balaban J connectivity index is 1.45. The van der Waals surface area contributed by atoms with Gasteiger partial charge in [-0.25, -0.2) is 4.68 Å². The van der Waals surface area contributed by atoms with Crippen LogP contribution in [0.3, 0.4) is 0 Å². The maximum Gasteiger partial charge on any atom is 0.328 e. The molecular weight excluding hydrogens is 370 g/mol. The lowest BCUT2D eigenvalue weighted by molar-refractivity contribution is -0.145. The lowest BCUT2D eigenvalue weighted by atomic mass is 10.2. The van der Waals surface area contributed by atoms with E-state index in [1.54, 1.807) is 30.1 Å². The van der Waals surface area contributed by atoms with Gasteiger partial charge < -0.3 is 4.74 Å². The molecule has 0 unspecified atom stereocenters. The van der Waals surface area contributed by atoms with E-state index < -0.39 is 0 Å². The van der Waals surface area contributed by atoms with Gasteiger partial charge in [0.05, 0.1) is 5.69 Å². The normalized spacial score (nSPS) is 10.7. The summed E-state index contributed by atoms with van der Waals surface area (Å²) in [5.41, 5.74) is 2.94. The van der Waals surface area contributed by atoms with Crippen LogP contribution in [0.15, 0.2) is 59.6 Å². The zero-order valence-corrected chi connectivity index (χ0v) is 15.8. The molecule has 0 radical (unpaired) electrons. The number of nitrogens with zero attached hydrogens (tertiary/aromatic N) is 3. The minimum Gasteiger partial charge on any atom is -0.459 e. The van der Waals surface area contributed by atoms with Gasteiger partial charge in [-0.05, 0) is 36.8 Å². The Labute approximate surface area is 161 Å². The molecule has 0 saturated heterocycles. The predicted octanol–water partition coefficient (Wildman–Crippen LogP) is 4.28. The minimum absolute atomic E-state index is 0.0375. The smallest absolute Gasteiger partial charge is 0.328 e. The van der Waals surface area contributed by atoms with E-state index in [4.69, 9.17) is 16.3 Å². The Bertz CT molecular complexity index is 863. The van der Waals surface area contributed by atoms with Gasteiger partial charge in [0.2, 0.25) is 0 Å². The molecule has 5 nitrogen and oxygen atoms in total. The third kappa shape index (κ3) is 5.61. The van der Waals surface area contributed by atoms with Gasteiger partial charge in [-0.2, -0.15) is 0 Å². The molecule has 2 aromatic carbocycles. The van der Waals surface area contributed by atoms with E-state index >= 15 is 0 Å². The van der Waals surface area contributed by atoms with Crippen LogP contribution in [-0.4, -0.2) is 21.0 Å². The Morgan fingerprint density at radius 1 is 1.15 bits per heavy atom. The van der Waals surface area contributed by atoms with Crippen molar-refractivity contribution in [2.75, 3.05) is 0 Å². The van der Waals surface area contributed by atoms with Crippen molar-refractivity contribution >= 4 is 29.3 Å². The Hall–Kier alpha value is -2.31. The second-order valence-electron chi connectivity index (χ2n) is 5.80. The molecule has 0 spiro atoms. The van der Waals surface area contributed by atoms with Crippen LogP contribution >= 0.6 is 23.4 Å². The number of hydrogen-bond donors (Lipinski definition) is 0. The van der Waals surface area contributed by atoms with Crippen LogP contribution in [0, 0.1) is 6.92 Å². The molecule has 26 heavy (non-hydrogen) atoms. The van der Waals surface area contributed by atoms with Crippen LogP contribution in [0.5, 0.6) is 0 Å². The monoisotopic (exact) mass is 387 g/mol. The highest BCUT2D eigenvalue weighted by Gasteiger charge is 2.08. The van der Waals surface area contributed by atoms with Crippen molar-refractivity contribution < 1.29 is 9.53 Å². The van der Waals surface area contributed by atoms with Crippen molar-refractivity contribution in [1.82, 2.24) is 15.0 Å². The summed E-state index contributed by atoms with van der Waals surface area (Å²) in [5.74, 6) is 0.339. The average molecular weight is 388 g/mol. The summed E-state index contributed by atoms with van der Waals surface area (Å²) in [6.07, 6.45) is 1.77. The first kappa shape index (κ1) is 18.5. The van der Waals surface area contributed by atoms with E-state index in [1.165, 1.54) is 15.1 Å². The summed E-state index contributed by atoms with van der Waals surface area (Å²) >= 11 is 7.51. The Kier molecular flexibility index (Phi) is 6.30. The molecule has 0 aliphatic rings. The molecule has 0 aliphatic carbocycles. The second kappa shape index (κ2) is 8.87. The number of thioether (sulfide) groups is 1. The van der Waals surface area contributed by atoms with Gasteiger partial charge in [-0.1, -0.05) is 46.6 Å². The fourth-order valence-corrected chi connectivity index (χ4v) is 3.10. The van der Waals surface area contributed by atoms with Gasteiger partial charge >= 0.3 is 5.97 Å². The first-order valence-electron chi connectivity index (χ1n) is 8.07. The van der Waals surface area contributed by atoms with E-state index in [-0.39, 0.29) is 19.1 Å². The van der Waals surface area contributed by atoms with Crippen molar-refractivity contribution in [3.63, 3.8) is 0 Å². The first-order valence-corrected chi connectivity index (χ1v) is 9.43. The molecule has 1 heterocycles. The molecule has 0 fully saturated rings. The number of carbonyl (C=O) groups excluding carboxylic acids is 1. The highest BCUT2D eigenvalue weighted by atomic mass is 35.5. The van der Waals surface area contributed by atoms with E-state index in [0.29, 0.717) is 10.8 Å². The minimum atomic E-state index is -0.359. The quantitative estimate of drug-likeness (QED) is 0.447. The fourth-order valence-electron chi connectivity index (χ4n) is 2.20. The zero-order chi connectivity index (χ0) is 18.4. The van der Waals surface area contributed by atoms with E-state index in [1.807, 2.05) is 12.1 Å². The number of carbonyl (C=O) groups is 1. The molecule has 0 bridgehead atoms. The van der Waals surface area contributed by atoms with E-state index in [2.05, 4.69) is 41.5 Å².